The Morgan fingerprint density at radius 3 is 2.90 bits per heavy atom. The van der Waals surface area contributed by atoms with Gasteiger partial charge >= 0.3 is 0 Å². The summed E-state index contributed by atoms with van der Waals surface area (Å²) in [5.41, 5.74) is 0.508. The number of nitriles is 1. The summed E-state index contributed by atoms with van der Waals surface area (Å²) in [5.74, 6) is -1.20. The number of aromatic nitrogens is 2. The number of para-hydroxylation sites is 1. The number of ether oxygens (including phenoxy) is 1. The number of hydrogen-bond donors (Lipinski definition) is 2. The molecule has 31 heavy (non-hydrogen) atoms. The number of nitrogens with zero attached hydrogens (tertiary/aromatic N) is 3. The van der Waals surface area contributed by atoms with E-state index >= 15 is 0 Å². The Bertz CT molecular complexity index is 1100. The van der Waals surface area contributed by atoms with E-state index in [0.29, 0.717) is 17.3 Å². The Balaban J connectivity index is 1.85. The summed E-state index contributed by atoms with van der Waals surface area (Å²) >= 11 is 0. The second-order valence-corrected chi connectivity index (χ2v) is 7.90. The second-order valence-electron chi connectivity index (χ2n) is 7.90. The predicted octanol–water partition coefficient (Wildman–Crippen LogP) is 2.94. The van der Waals surface area contributed by atoms with Gasteiger partial charge in [-0.25, -0.2) is 0 Å². The third-order valence-electron chi connectivity index (χ3n) is 5.94. The summed E-state index contributed by atoms with van der Waals surface area (Å²) in [5, 5.41) is 12.4. The van der Waals surface area contributed by atoms with Crippen molar-refractivity contribution < 1.29 is 9.53 Å². The number of nitrogens with one attached hydrogen (secondary N) is 2. The SMILES string of the molecule is C=CCOc1ccccc1C1c2c(nc(N3CCCCC3C)[nH]c2=O)NC(=O)C1C#N. The lowest BCUT2D eigenvalue weighted by Gasteiger charge is -2.35. The topological polar surface area (TPSA) is 111 Å². The van der Waals surface area contributed by atoms with Crippen LogP contribution in [0.2, 0.25) is 0 Å². The number of benzene rings is 1. The highest BCUT2D eigenvalue weighted by atomic mass is 16.5. The molecule has 0 bridgehead atoms. The summed E-state index contributed by atoms with van der Waals surface area (Å²) in [6.07, 6.45) is 4.78. The molecule has 3 heterocycles. The quantitative estimate of drug-likeness (QED) is 0.721. The predicted molar refractivity (Wildman–Crippen MR) is 117 cm³/mol. The van der Waals surface area contributed by atoms with Crippen molar-refractivity contribution in [3.05, 3.63) is 58.4 Å². The van der Waals surface area contributed by atoms with Crippen LogP contribution >= 0.6 is 0 Å². The Kier molecular flexibility index (Phi) is 5.76. The van der Waals surface area contributed by atoms with Gasteiger partial charge in [0.15, 0.2) is 0 Å². The molecule has 2 aliphatic rings. The van der Waals surface area contributed by atoms with E-state index in [9.17, 15) is 14.9 Å². The summed E-state index contributed by atoms with van der Waals surface area (Å²) in [7, 11) is 0. The zero-order chi connectivity index (χ0) is 22.0. The van der Waals surface area contributed by atoms with Crippen LogP contribution in [0.4, 0.5) is 11.8 Å². The lowest BCUT2D eigenvalue weighted by atomic mass is 9.79. The van der Waals surface area contributed by atoms with Gasteiger partial charge in [-0.15, -0.1) is 0 Å². The van der Waals surface area contributed by atoms with Crippen LogP contribution in [-0.4, -0.2) is 35.1 Å². The van der Waals surface area contributed by atoms with Crippen LogP contribution in [0.1, 0.15) is 43.2 Å². The van der Waals surface area contributed by atoms with E-state index in [1.165, 1.54) is 0 Å². The molecule has 1 fully saturated rings. The zero-order valence-electron chi connectivity index (χ0n) is 17.4. The molecule has 3 atom stereocenters. The minimum atomic E-state index is -1.08. The van der Waals surface area contributed by atoms with Gasteiger partial charge in [-0.1, -0.05) is 30.9 Å². The van der Waals surface area contributed by atoms with Crippen molar-refractivity contribution >= 4 is 17.7 Å². The highest BCUT2D eigenvalue weighted by Gasteiger charge is 2.41. The molecule has 2 N–H and O–H groups in total. The molecule has 8 heteroatoms. The number of fused-ring (bicyclic) bond motifs is 1. The zero-order valence-corrected chi connectivity index (χ0v) is 17.4. The number of hydrogen-bond acceptors (Lipinski definition) is 6. The van der Waals surface area contributed by atoms with Crippen LogP contribution in [0.25, 0.3) is 0 Å². The van der Waals surface area contributed by atoms with Crippen LogP contribution in [0, 0.1) is 17.2 Å². The van der Waals surface area contributed by atoms with E-state index in [0.717, 1.165) is 25.8 Å². The average molecular weight is 419 g/mol. The number of carbonyl (C=O) groups is 1. The van der Waals surface area contributed by atoms with Crippen LogP contribution in [0.15, 0.2) is 41.7 Å². The molecular formula is C23H25N5O3. The van der Waals surface area contributed by atoms with Gasteiger partial charge in [0.1, 0.15) is 24.1 Å². The molecule has 1 aromatic heterocycles. The largest absolute Gasteiger partial charge is 0.489 e. The van der Waals surface area contributed by atoms with Gasteiger partial charge in [0, 0.05) is 24.1 Å². The standard InChI is InChI=1S/C23H25N5O3/c1-3-12-31-17-10-5-4-9-15(17)18-16(13-24)21(29)25-20-19(18)22(30)27-23(26-20)28-11-7-6-8-14(28)2/h3-5,9-10,14,16,18H,1,6-8,11-12H2,2H3,(H2,25,26,27,29,30). The number of H-pyrrole nitrogens is 1. The molecule has 0 spiro atoms. The Morgan fingerprint density at radius 1 is 1.35 bits per heavy atom. The number of carbonyl (C=O) groups excluding carboxylic acids is 1. The van der Waals surface area contributed by atoms with Crippen LogP contribution < -0.4 is 20.5 Å². The van der Waals surface area contributed by atoms with Crippen LogP contribution in [0.3, 0.4) is 0 Å². The molecule has 0 radical (unpaired) electrons. The van der Waals surface area contributed by atoms with Gasteiger partial charge in [0.25, 0.3) is 5.56 Å². The fourth-order valence-electron chi connectivity index (χ4n) is 4.40. The van der Waals surface area contributed by atoms with E-state index < -0.39 is 17.7 Å². The van der Waals surface area contributed by atoms with E-state index in [-0.39, 0.29) is 29.6 Å². The molecule has 0 saturated carbocycles. The van der Waals surface area contributed by atoms with Crippen LogP contribution in [0.5, 0.6) is 5.75 Å². The van der Waals surface area contributed by atoms with Gasteiger partial charge in [-0.3, -0.25) is 14.6 Å². The van der Waals surface area contributed by atoms with E-state index in [1.807, 2.05) is 0 Å². The fourth-order valence-corrected chi connectivity index (χ4v) is 4.40. The molecule has 3 unspecified atom stereocenters. The number of rotatable bonds is 5. The minimum absolute atomic E-state index is 0.205. The third-order valence-corrected chi connectivity index (χ3v) is 5.94. The second kappa shape index (κ2) is 8.64. The summed E-state index contributed by atoms with van der Waals surface area (Å²) in [4.78, 5) is 35.6. The molecule has 0 aliphatic carbocycles. The molecule has 4 rings (SSSR count). The van der Waals surface area contributed by atoms with Crippen molar-refractivity contribution in [2.45, 2.75) is 38.1 Å². The highest BCUT2D eigenvalue weighted by molar-refractivity contribution is 5.98. The first-order chi connectivity index (χ1) is 15.0. The lowest BCUT2D eigenvalue weighted by molar-refractivity contribution is -0.119. The summed E-state index contributed by atoms with van der Waals surface area (Å²) < 4.78 is 5.76. The first-order valence-corrected chi connectivity index (χ1v) is 10.5. The van der Waals surface area contributed by atoms with Crippen molar-refractivity contribution in [1.82, 2.24) is 9.97 Å². The van der Waals surface area contributed by atoms with Crippen molar-refractivity contribution in [1.29, 1.82) is 5.26 Å². The fraction of sp³-hybridized carbons (Fsp3) is 0.391. The summed E-state index contributed by atoms with van der Waals surface area (Å²) in [6, 6.07) is 9.42. The van der Waals surface area contributed by atoms with Crippen LogP contribution in [-0.2, 0) is 4.79 Å². The van der Waals surface area contributed by atoms with Gasteiger partial charge in [0.05, 0.1) is 11.6 Å². The lowest BCUT2D eigenvalue weighted by Crippen LogP contribution is -2.42. The smallest absolute Gasteiger partial charge is 0.258 e. The maximum Gasteiger partial charge on any atom is 0.258 e. The van der Waals surface area contributed by atoms with E-state index in [1.54, 1.807) is 30.3 Å². The third kappa shape index (κ3) is 3.79. The Labute approximate surface area is 180 Å². The van der Waals surface area contributed by atoms with Crippen molar-refractivity contribution in [3.8, 4) is 11.8 Å². The van der Waals surface area contributed by atoms with E-state index in [4.69, 9.17) is 4.74 Å². The minimum Gasteiger partial charge on any atom is -0.489 e. The number of aromatic amines is 1. The number of anilines is 2. The van der Waals surface area contributed by atoms with Crippen molar-refractivity contribution in [2.75, 3.05) is 23.4 Å². The first-order valence-electron chi connectivity index (χ1n) is 10.5. The van der Waals surface area contributed by atoms with Gasteiger partial charge < -0.3 is 15.0 Å². The molecule has 2 aromatic rings. The normalized spacial score (nSPS) is 22.8. The maximum absolute atomic E-state index is 13.3. The molecule has 8 nitrogen and oxygen atoms in total. The van der Waals surface area contributed by atoms with Crippen molar-refractivity contribution in [2.24, 2.45) is 5.92 Å². The first kappa shape index (κ1) is 20.7. The van der Waals surface area contributed by atoms with Crippen molar-refractivity contribution in [3.63, 3.8) is 0 Å². The van der Waals surface area contributed by atoms with Gasteiger partial charge in [0.2, 0.25) is 11.9 Å². The molecule has 160 valence electrons. The average Bonchev–Trinajstić information content (AvgIpc) is 2.77. The Morgan fingerprint density at radius 2 is 2.16 bits per heavy atom. The van der Waals surface area contributed by atoms with Gasteiger partial charge in [-0.05, 0) is 32.3 Å². The highest BCUT2D eigenvalue weighted by Crippen LogP contribution is 2.41. The number of piperidine rings is 1. The maximum atomic E-state index is 13.3. The molecular weight excluding hydrogens is 394 g/mol. The molecule has 1 amide bonds. The summed E-state index contributed by atoms with van der Waals surface area (Å²) in [6.45, 7) is 6.81. The molecule has 1 aromatic carbocycles. The van der Waals surface area contributed by atoms with Gasteiger partial charge in [-0.2, -0.15) is 10.2 Å². The monoisotopic (exact) mass is 419 g/mol. The Hall–Kier alpha value is -3.60. The molecule has 1 saturated heterocycles. The number of amides is 1. The molecule has 2 aliphatic heterocycles. The van der Waals surface area contributed by atoms with E-state index in [2.05, 4.69) is 39.8 Å².